The minimum absolute atomic E-state index is 0.0706. The summed E-state index contributed by atoms with van der Waals surface area (Å²) in [5.41, 5.74) is 17.5. The lowest BCUT2D eigenvalue weighted by atomic mass is 10.00. The molecule has 0 unspecified atom stereocenters. The average Bonchev–Trinajstić information content (AvgIpc) is 0.779. The SMILES string of the molecule is CC(C)c1ccc(S(=O)(=O)N2CCC(N3C(=O)OCc4ccccc43)CC2)cc1.COc1ccc(S(=O)(=O)N2CCC(N3C(=O)OCc4cc(C)ccc43)CC2)cc1.Cc1cc(S(=O)(=O)N2CCC(N3C(=O)OCc4cc(Cl)ccc43)CC2)c(C)cc1Cl.Cc1cc(S(=O)(=O)N2CCC(N3C(=O)OCc4cccc(C)c43)CC2)c(C)cc1Cl.Cc1ccc2c(c1)COC(=O)N2C1CCN(S(=O)(=O)c2cc(C)c(Cl)cc2C)CC1. The lowest BCUT2D eigenvalue weighted by Crippen LogP contribution is -2.50. The number of amides is 5. The Balaban J connectivity index is 0.000000132. The number of benzene rings is 10. The summed E-state index contributed by atoms with van der Waals surface area (Å²) in [7, 11) is -16.5. The third-order valence-corrected chi connectivity index (χ3v) is 40.3. The van der Waals surface area contributed by atoms with Gasteiger partial charge >= 0.3 is 30.5 Å². The number of aryl methyl sites for hydroxylation is 9. The largest absolute Gasteiger partial charge is 0.497 e. The number of carbonyl (C=O) groups is 5. The Morgan fingerprint density at radius 1 is 0.291 bits per heavy atom. The Kier molecular flexibility index (Phi) is 33.9. The number of ether oxygens (including phenoxy) is 6. The van der Waals surface area contributed by atoms with Gasteiger partial charge in [-0.1, -0.05) is 144 Å². The van der Waals surface area contributed by atoms with Crippen molar-refractivity contribution in [2.24, 2.45) is 0 Å². The van der Waals surface area contributed by atoms with E-state index in [1.807, 2.05) is 118 Å². The number of nitrogens with zero attached hydrogens (tertiary/aromatic N) is 10. The molecular weight excluding hydrogens is 2080 g/mol. The van der Waals surface area contributed by atoms with E-state index in [-0.39, 0.29) is 97.4 Å². The fraction of sp³-hybridized carbons (Fsp3) is 0.398. The first-order valence-electron chi connectivity index (χ1n) is 49.3. The highest BCUT2D eigenvalue weighted by Gasteiger charge is 2.45. The molecule has 5 saturated heterocycles. The Labute approximate surface area is 887 Å². The van der Waals surface area contributed by atoms with Crippen molar-refractivity contribution in [2.75, 3.05) is 97.1 Å². The number of piperidine rings is 5. The van der Waals surface area contributed by atoms with Gasteiger partial charge in [0.25, 0.3) is 0 Å². The fourth-order valence-corrected chi connectivity index (χ4v) is 29.7. The molecule has 0 atom stereocenters. The molecule has 5 amide bonds. The van der Waals surface area contributed by atoms with Crippen molar-refractivity contribution < 1.29 is 94.5 Å². The zero-order chi connectivity index (χ0) is 106. The molecule has 0 radical (unpaired) electrons. The van der Waals surface area contributed by atoms with Gasteiger partial charge in [0.2, 0.25) is 50.1 Å². The van der Waals surface area contributed by atoms with Crippen LogP contribution in [-0.2, 0) is 107 Å². The van der Waals surface area contributed by atoms with E-state index < -0.39 is 56.2 Å². The predicted octanol–water partition coefficient (Wildman–Crippen LogP) is 21.5. The quantitative estimate of drug-likeness (QED) is 0.0764. The van der Waals surface area contributed by atoms with Gasteiger partial charge in [-0.05, 0) is 286 Å². The van der Waals surface area contributed by atoms with Crippen LogP contribution in [-0.4, -0.2) is 197 Å². The molecule has 10 aliphatic heterocycles. The zero-order valence-electron chi connectivity index (χ0n) is 84.6. The molecule has 10 aliphatic rings. The molecule has 148 heavy (non-hydrogen) atoms. The highest BCUT2D eigenvalue weighted by atomic mass is 35.5. The highest BCUT2D eigenvalue weighted by molar-refractivity contribution is 7.90. The molecule has 5 fully saturated rings. The van der Waals surface area contributed by atoms with Gasteiger partial charge in [0.15, 0.2) is 0 Å². The summed E-state index contributed by atoms with van der Waals surface area (Å²) in [6.45, 7) is 25.6. The maximum absolute atomic E-state index is 13.2. The van der Waals surface area contributed by atoms with E-state index in [2.05, 4.69) is 13.8 Å². The second-order valence-electron chi connectivity index (χ2n) is 39.0. The molecule has 0 N–H and O–H groups in total. The van der Waals surface area contributed by atoms with Crippen molar-refractivity contribution in [1.82, 2.24) is 21.5 Å². The van der Waals surface area contributed by atoms with Crippen LogP contribution in [0.2, 0.25) is 20.1 Å². The van der Waals surface area contributed by atoms with Crippen LogP contribution in [0, 0.1) is 62.3 Å². The van der Waals surface area contributed by atoms with Gasteiger partial charge in [-0.3, -0.25) is 24.5 Å². The van der Waals surface area contributed by atoms with Crippen LogP contribution in [0.15, 0.2) is 206 Å². The molecular formula is C108H122Cl4N10O21S5. The lowest BCUT2D eigenvalue weighted by Gasteiger charge is -2.40. The molecule has 31 nitrogen and oxygen atoms in total. The van der Waals surface area contributed by atoms with Gasteiger partial charge in [0.1, 0.15) is 38.8 Å². The maximum atomic E-state index is 13.2. The van der Waals surface area contributed by atoms with E-state index >= 15 is 0 Å². The Morgan fingerprint density at radius 3 is 0.932 bits per heavy atom. The number of anilines is 5. The fourth-order valence-electron chi connectivity index (χ4n) is 20.6. The van der Waals surface area contributed by atoms with Crippen LogP contribution < -0.4 is 29.2 Å². The number of hydrogen-bond donors (Lipinski definition) is 0. The zero-order valence-corrected chi connectivity index (χ0v) is 91.7. The van der Waals surface area contributed by atoms with Gasteiger partial charge in [-0.2, -0.15) is 21.5 Å². The third kappa shape index (κ3) is 23.4. The van der Waals surface area contributed by atoms with Crippen LogP contribution in [0.5, 0.6) is 5.75 Å². The van der Waals surface area contributed by atoms with Gasteiger partial charge in [0, 0.05) is 144 Å². The van der Waals surface area contributed by atoms with E-state index in [4.69, 9.17) is 74.8 Å². The molecule has 10 heterocycles. The third-order valence-electron chi connectivity index (χ3n) is 28.9. The van der Waals surface area contributed by atoms with E-state index in [1.54, 1.807) is 158 Å². The number of rotatable bonds is 17. The van der Waals surface area contributed by atoms with E-state index in [1.165, 1.54) is 21.5 Å². The van der Waals surface area contributed by atoms with Crippen molar-refractivity contribution in [3.63, 3.8) is 0 Å². The van der Waals surface area contributed by atoms with Gasteiger partial charge in [-0.25, -0.2) is 66.1 Å². The molecule has 0 aromatic heterocycles. The van der Waals surface area contributed by atoms with Gasteiger partial charge in [-0.15, -0.1) is 0 Å². The highest BCUT2D eigenvalue weighted by Crippen LogP contribution is 2.44. The van der Waals surface area contributed by atoms with Crippen LogP contribution in [0.4, 0.5) is 52.4 Å². The first-order valence-corrected chi connectivity index (χ1v) is 58.0. The molecule has 0 saturated carbocycles. The molecule has 0 spiro atoms. The number of para-hydroxylation sites is 2. The first kappa shape index (κ1) is 110. The number of methoxy groups -OCH3 is 1. The summed E-state index contributed by atoms with van der Waals surface area (Å²) in [6, 6.07) is 53.9. The van der Waals surface area contributed by atoms with Crippen molar-refractivity contribution >= 4 is 155 Å². The number of sulfonamides is 5. The minimum atomic E-state index is -3.64. The van der Waals surface area contributed by atoms with Crippen molar-refractivity contribution in [3.05, 3.63) is 286 Å². The van der Waals surface area contributed by atoms with Gasteiger partial charge in [0.05, 0.1) is 60.0 Å². The number of hydrogen-bond acceptors (Lipinski definition) is 21. The summed E-state index contributed by atoms with van der Waals surface area (Å²) in [5, 5.41) is 2.25. The average molecular weight is 2200 g/mol. The molecule has 788 valence electrons. The molecule has 0 aliphatic carbocycles. The summed E-state index contributed by atoms with van der Waals surface area (Å²) in [4.78, 5) is 72.3. The predicted molar refractivity (Wildman–Crippen MR) is 570 cm³/mol. The number of halogens is 4. The Hall–Kier alpha value is -10.9. The van der Waals surface area contributed by atoms with E-state index in [9.17, 15) is 66.1 Å². The smallest absolute Gasteiger partial charge is 0.414 e. The van der Waals surface area contributed by atoms with Crippen LogP contribution in [0.1, 0.15) is 167 Å². The summed E-state index contributed by atoms with van der Waals surface area (Å²) in [6.07, 6.45) is 3.64. The Bertz CT molecular complexity index is 7160. The molecule has 10 aromatic rings. The van der Waals surface area contributed by atoms with Crippen molar-refractivity contribution in [3.8, 4) is 5.75 Å². The van der Waals surface area contributed by atoms with E-state index in [0.717, 1.165) is 95.2 Å². The van der Waals surface area contributed by atoms with E-state index in [0.29, 0.717) is 193 Å². The van der Waals surface area contributed by atoms with Crippen LogP contribution in [0.3, 0.4) is 0 Å². The standard InChI is InChI=1S/2C22H25ClN2O4S.C22H26N2O4S.C21H22Cl2N2O4S.C21H24N2O5S/c1-14-4-5-20-17(10-14)13-29-22(26)25(20)18-6-8-24(9-7-18)30(27,28)21-12-15(2)19(23)11-16(21)3;1-14-5-4-6-17-13-29-22(26)25(21(14)17)18-7-9-24(10-8-18)30(27,28)20-12-15(2)19(23)11-16(20)3;1-16(2)17-7-9-20(10-8-17)29(26,27)23-13-11-19(12-14-23)24-21-6-4-3-5-18(21)15-28-22(24)25;1-13-10-20(14(2)9-18(13)23)30(27,28)24-7-5-17(6-8-24)25-19-4-3-16(22)11-15(19)12-29-21(25)26;1-15-3-8-20-16(13-15)14-28-21(24)23(20)17-9-11-22(12-10-17)29(25,26)19-6-4-18(27-2)5-7-19/h4-5,10-12,18H,6-9,13H2,1-3H3;4-6,11-12,18H,7-10,13H2,1-3H3;3-10,16,19H,11-15H2,1-2H3;3-4,9-11,17H,5-8,12H2,1-2H3;3-8,13,17H,9-12,14H2,1-2H3. The monoisotopic (exact) mass is 2190 g/mol. The van der Waals surface area contributed by atoms with Gasteiger partial charge < -0.3 is 28.4 Å². The number of fused-ring (bicyclic) bond motifs is 5. The minimum Gasteiger partial charge on any atom is -0.497 e. The van der Waals surface area contributed by atoms with Crippen molar-refractivity contribution in [1.29, 1.82) is 0 Å². The molecule has 10 aromatic carbocycles. The topological polar surface area (TPSA) is 344 Å². The van der Waals surface area contributed by atoms with Crippen LogP contribution in [0.25, 0.3) is 0 Å². The normalized spacial score (nSPS) is 18.3. The lowest BCUT2D eigenvalue weighted by molar-refractivity contribution is 0.135. The maximum Gasteiger partial charge on any atom is 0.414 e. The molecule has 20 rings (SSSR count). The second-order valence-corrected chi connectivity index (χ2v) is 50.3. The second kappa shape index (κ2) is 45.7. The van der Waals surface area contributed by atoms with Crippen molar-refractivity contribution in [2.45, 2.75) is 234 Å². The number of carbonyl (C=O) groups excluding carboxylic acids is 5. The van der Waals surface area contributed by atoms with Crippen LogP contribution >= 0.6 is 46.4 Å². The molecule has 40 heteroatoms. The summed E-state index contributed by atoms with van der Waals surface area (Å²) < 4.78 is 171. The Morgan fingerprint density at radius 2 is 0.581 bits per heavy atom. The summed E-state index contributed by atoms with van der Waals surface area (Å²) in [5.74, 6) is 0.967. The summed E-state index contributed by atoms with van der Waals surface area (Å²) >= 11 is 24.5. The first-order chi connectivity index (χ1) is 70.3. The number of cyclic esters (lactones) is 5. The molecule has 0 bridgehead atoms.